The maximum Gasteiger partial charge on any atom is 0.269 e. The molecule has 2 aliphatic heterocycles. The third-order valence-electron chi connectivity index (χ3n) is 7.61. The molecule has 36 heavy (non-hydrogen) atoms. The molecule has 186 valence electrons. The van der Waals surface area contributed by atoms with Crippen LogP contribution in [0.15, 0.2) is 36.8 Å². The van der Waals surface area contributed by atoms with E-state index in [0.717, 1.165) is 48.0 Å². The smallest absolute Gasteiger partial charge is 0.269 e. The van der Waals surface area contributed by atoms with Gasteiger partial charge < -0.3 is 20.9 Å². The molecule has 5 N–H and O–H groups in total. The summed E-state index contributed by atoms with van der Waals surface area (Å²) in [5, 5.41) is 18.7. The van der Waals surface area contributed by atoms with Crippen LogP contribution in [-0.4, -0.2) is 55.7 Å². The summed E-state index contributed by atoms with van der Waals surface area (Å²) < 4.78 is 0. The van der Waals surface area contributed by atoms with Crippen molar-refractivity contribution in [1.82, 2.24) is 41.1 Å². The van der Waals surface area contributed by atoms with E-state index in [0.29, 0.717) is 29.3 Å². The highest BCUT2D eigenvalue weighted by molar-refractivity contribution is 5.96. The summed E-state index contributed by atoms with van der Waals surface area (Å²) in [5.41, 5.74) is 6.62. The molecule has 2 fully saturated rings. The lowest BCUT2D eigenvalue weighted by molar-refractivity contribution is 0.0919. The minimum Gasteiger partial charge on any atom is -0.348 e. The van der Waals surface area contributed by atoms with Crippen LogP contribution in [0.5, 0.6) is 0 Å². The molecular weight excluding hydrogens is 452 g/mol. The lowest BCUT2D eigenvalue weighted by Crippen LogP contribution is -2.48. The molecule has 1 amide bonds. The molecular formula is C27H32N8O. The lowest BCUT2D eigenvalue weighted by atomic mass is 9.98. The number of pyridine rings is 1. The largest absolute Gasteiger partial charge is 0.348 e. The van der Waals surface area contributed by atoms with Crippen molar-refractivity contribution in [2.45, 2.75) is 64.2 Å². The summed E-state index contributed by atoms with van der Waals surface area (Å²) in [6.07, 6.45) is 9.81. The SMILES string of the molecule is CCNCc1cncc(-c2ccc3[nH]nc(-c4ncc(C(=O)NC5CC6CCC(C5)N6)[nH]4)c3c2)c1C. The fraction of sp³-hybridized carbons (Fsp3) is 0.407. The number of hydrogen-bond acceptors (Lipinski definition) is 6. The maximum atomic E-state index is 12.9. The van der Waals surface area contributed by atoms with E-state index in [-0.39, 0.29) is 11.9 Å². The molecule has 0 aliphatic carbocycles. The third kappa shape index (κ3) is 4.29. The number of carbonyl (C=O) groups excluding carboxylic acids is 1. The molecule has 2 saturated heterocycles. The van der Waals surface area contributed by atoms with E-state index in [4.69, 9.17) is 0 Å². The Balaban J connectivity index is 1.25. The first-order valence-electron chi connectivity index (χ1n) is 12.8. The molecule has 5 heterocycles. The molecule has 1 aromatic carbocycles. The molecule has 0 saturated carbocycles. The molecule has 9 nitrogen and oxygen atoms in total. The first kappa shape index (κ1) is 22.9. The number of aromatic nitrogens is 5. The van der Waals surface area contributed by atoms with Gasteiger partial charge in [0, 0.05) is 48.0 Å². The second kappa shape index (κ2) is 9.48. The van der Waals surface area contributed by atoms with Crippen LogP contribution in [0.3, 0.4) is 0 Å². The molecule has 2 bridgehead atoms. The zero-order valence-corrected chi connectivity index (χ0v) is 20.7. The van der Waals surface area contributed by atoms with Crippen molar-refractivity contribution in [2.75, 3.05) is 6.54 Å². The van der Waals surface area contributed by atoms with Gasteiger partial charge in [0.25, 0.3) is 5.91 Å². The van der Waals surface area contributed by atoms with Gasteiger partial charge in [0.05, 0.1) is 11.7 Å². The third-order valence-corrected chi connectivity index (χ3v) is 7.61. The Kier molecular flexibility index (Phi) is 6.02. The van der Waals surface area contributed by atoms with E-state index in [1.807, 2.05) is 18.5 Å². The number of rotatable bonds is 7. The Morgan fingerprint density at radius 1 is 1.14 bits per heavy atom. The fourth-order valence-electron chi connectivity index (χ4n) is 5.65. The van der Waals surface area contributed by atoms with E-state index < -0.39 is 0 Å². The number of carbonyl (C=O) groups is 1. The quantitative estimate of drug-likeness (QED) is 0.274. The van der Waals surface area contributed by atoms with Crippen molar-refractivity contribution in [3.05, 3.63) is 53.6 Å². The topological polar surface area (TPSA) is 123 Å². The van der Waals surface area contributed by atoms with Crippen molar-refractivity contribution in [3.8, 4) is 22.6 Å². The number of amides is 1. The van der Waals surface area contributed by atoms with Gasteiger partial charge >= 0.3 is 0 Å². The Morgan fingerprint density at radius 2 is 1.97 bits per heavy atom. The number of fused-ring (bicyclic) bond motifs is 3. The molecule has 2 unspecified atom stereocenters. The predicted molar refractivity (Wildman–Crippen MR) is 139 cm³/mol. The van der Waals surface area contributed by atoms with E-state index in [1.54, 1.807) is 6.20 Å². The van der Waals surface area contributed by atoms with E-state index >= 15 is 0 Å². The number of piperidine rings is 1. The summed E-state index contributed by atoms with van der Waals surface area (Å²) in [6.45, 7) is 5.94. The van der Waals surface area contributed by atoms with Gasteiger partial charge in [0.1, 0.15) is 11.4 Å². The molecule has 6 rings (SSSR count). The van der Waals surface area contributed by atoms with Gasteiger partial charge in [-0.15, -0.1) is 0 Å². The molecule has 2 aliphatic rings. The van der Waals surface area contributed by atoms with Crippen LogP contribution in [0.25, 0.3) is 33.5 Å². The average molecular weight is 485 g/mol. The Labute approximate surface area is 209 Å². The van der Waals surface area contributed by atoms with Crippen LogP contribution in [0.4, 0.5) is 0 Å². The van der Waals surface area contributed by atoms with Gasteiger partial charge in [0.15, 0.2) is 5.82 Å². The summed E-state index contributed by atoms with van der Waals surface area (Å²) in [5.74, 6) is 0.462. The second-order valence-electron chi connectivity index (χ2n) is 10.0. The van der Waals surface area contributed by atoms with Gasteiger partial charge in [-0.25, -0.2) is 4.98 Å². The molecule has 0 spiro atoms. The van der Waals surface area contributed by atoms with Crippen molar-refractivity contribution in [3.63, 3.8) is 0 Å². The minimum absolute atomic E-state index is 0.111. The van der Waals surface area contributed by atoms with Crippen molar-refractivity contribution in [1.29, 1.82) is 0 Å². The van der Waals surface area contributed by atoms with Gasteiger partial charge in [-0.3, -0.25) is 14.9 Å². The zero-order valence-electron chi connectivity index (χ0n) is 20.7. The van der Waals surface area contributed by atoms with Gasteiger partial charge in [-0.05, 0) is 68.0 Å². The van der Waals surface area contributed by atoms with Crippen molar-refractivity contribution in [2.24, 2.45) is 0 Å². The predicted octanol–water partition coefficient (Wildman–Crippen LogP) is 3.45. The highest BCUT2D eigenvalue weighted by Crippen LogP contribution is 2.31. The van der Waals surface area contributed by atoms with Crippen LogP contribution in [0.2, 0.25) is 0 Å². The molecule has 2 atom stereocenters. The summed E-state index contributed by atoms with van der Waals surface area (Å²) in [4.78, 5) is 25.1. The van der Waals surface area contributed by atoms with Crippen LogP contribution in [-0.2, 0) is 6.54 Å². The molecule has 3 aromatic heterocycles. The Morgan fingerprint density at radius 3 is 2.78 bits per heavy atom. The number of imidazole rings is 1. The minimum atomic E-state index is -0.111. The monoisotopic (exact) mass is 484 g/mol. The summed E-state index contributed by atoms with van der Waals surface area (Å²) in [6, 6.07) is 7.48. The standard InChI is InChI=1S/C27H32N8O/c1-3-28-11-17-12-29-13-22(15(17)2)16-4-7-23-21(8-16)25(35-34-23)26-30-14-24(33-26)27(36)32-20-9-18-5-6-19(10-20)31-18/h4,7-8,12-14,18-20,28,31H,3,5-6,9-11H2,1-2H3,(H,30,33)(H,32,36)(H,34,35). The van der Waals surface area contributed by atoms with Crippen LogP contribution >= 0.6 is 0 Å². The number of H-pyrrole nitrogens is 2. The van der Waals surface area contributed by atoms with Crippen LogP contribution in [0, 0.1) is 6.92 Å². The lowest BCUT2D eigenvalue weighted by Gasteiger charge is -2.29. The van der Waals surface area contributed by atoms with Crippen LogP contribution in [0.1, 0.15) is 54.2 Å². The average Bonchev–Trinajstić information content (AvgIpc) is 3.61. The number of benzene rings is 1. The molecule has 9 heteroatoms. The van der Waals surface area contributed by atoms with E-state index in [1.165, 1.54) is 24.0 Å². The summed E-state index contributed by atoms with van der Waals surface area (Å²) in [7, 11) is 0. The van der Waals surface area contributed by atoms with E-state index in [2.05, 4.69) is 67.1 Å². The highest BCUT2D eigenvalue weighted by Gasteiger charge is 2.34. The number of nitrogens with one attached hydrogen (secondary N) is 5. The first-order valence-corrected chi connectivity index (χ1v) is 12.8. The van der Waals surface area contributed by atoms with Gasteiger partial charge in [-0.2, -0.15) is 5.10 Å². The Hall–Kier alpha value is -3.56. The first-order chi connectivity index (χ1) is 17.6. The molecule has 0 radical (unpaired) electrons. The zero-order chi connectivity index (χ0) is 24.6. The summed E-state index contributed by atoms with van der Waals surface area (Å²) >= 11 is 0. The number of nitrogens with zero attached hydrogens (tertiary/aromatic N) is 3. The molecule has 4 aromatic rings. The highest BCUT2D eigenvalue weighted by atomic mass is 16.2. The number of hydrogen-bond donors (Lipinski definition) is 5. The maximum absolute atomic E-state index is 12.9. The fourth-order valence-corrected chi connectivity index (χ4v) is 5.65. The van der Waals surface area contributed by atoms with Gasteiger partial charge in [0.2, 0.25) is 0 Å². The second-order valence-corrected chi connectivity index (χ2v) is 10.0. The van der Waals surface area contributed by atoms with Gasteiger partial charge in [-0.1, -0.05) is 13.0 Å². The van der Waals surface area contributed by atoms with Crippen molar-refractivity contribution < 1.29 is 4.79 Å². The number of aromatic amines is 2. The van der Waals surface area contributed by atoms with E-state index in [9.17, 15) is 4.79 Å². The normalized spacial score (nSPS) is 21.2. The van der Waals surface area contributed by atoms with Crippen LogP contribution < -0.4 is 16.0 Å². The Bertz CT molecular complexity index is 1390. The van der Waals surface area contributed by atoms with Crippen molar-refractivity contribution >= 4 is 16.8 Å².